The van der Waals surface area contributed by atoms with Gasteiger partial charge < -0.3 is 20.1 Å². The Balaban J connectivity index is 1.53. The number of thioether (sulfide) groups is 1. The van der Waals surface area contributed by atoms with Gasteiger partial charge in [0.15, 0.2) is 11.0 Å². The Kier molecular flexibility index (Phi) is 8.96. The second kappa shape index (κ2) is 12.8. The van der Waals surface area contributed by atoms with Gasteiger partial charge in [0.2, 0.25) is 5.91 Å². The maximum atomic E-state index is 12.8. The summed E-state index contributed by atoms with van der Waals surface area (Å²) >= 11 is 1.16. The summed E-state index contributed by atoms with van der Waals surface area (Å²) in [6.45, 7) is 1.57. The summed E-state index contributed by atoms with van der Waals surface area (Å²) in [6.07, 6.45) is 0. The van der Waals surface area contributed by atoms with Gasteiger partial charge in [-0.3, -0.25) is 24.3 Å². The molecular weight excluding hydrogens is 536 g/mol. The molecule has 0 atom stereocenters. The smallest absolute Gasteiger partial charge is 0.273 e. The number of hydrogen-bond donors (Lipinski definition) is 2. The summed E-state index contributed by atoms with van der Waals surface area (Å²) in [4.78, 5) is 36.2. The molecule has 0 spiro atoms. The van der Waals surface area contributed by atoms with Crippen molar-refractivity contribution in [2.24, 2.45) is 0 Å². The molecule has 1 aromatic heterocycles. The lowest BCUT2D eigenvalue weighted by molar-refractivity contribution is -0.385. The third kappa shape index (κ3) is 6.56. The Bertz CT molecular complexity index is 1540. The first-order chi connectivity index (χ1) is 19.3. The Labute approximate surface area is 233 Å². The molecular formula is C27H26N6O6S. The predicted molar refractivity (Wildman–Crippen MR) is 149 cm³/mol. The van der Waals surface area contributed by atoms with Gasteiger partial charge in [-0.1, -0.05) is 30.0 Å². The lowest BCUT2D eigenvalue weighted by Crippen LogP contribution is -2.25. The van der Waals surface area contributed by atoms with E-state index in [1.165, 1.54) is 25.3 Å². The van der Waals surface area contributed by atoms with Crippen LogP contribution >= 0.6 is 11.8 Å². The van der Waals surface area contributed by atoms with E-state index in [9.17, 15) is 19.7 Å². The van der Waals surface area contributed by atoms with Crippen molar-refractivity contribution in [3.8, 4) is 17.2 Å². The van der Waals surface area contributed by atoms with Crippen LogP contribution in [0.5, 0.6) is 11.5 Å². The van der Waals surface area contributed by atoms with E-state index >= 15 is 0 Å². The van der Waals surface area contributed by atoms with Crippen molar-refractivity contribution in [1.82, 2.24) is 20.1 Å². The molecule has 0 radical (unpaired) electrons. The summed E-state index contributed by atoms with van der Waals surface area (Å²) in [5.41, 5.74) is 1.69. The Morgan fingerprint density at radius 3 is 2.48 bits per heavy atom. The van der Waals surface area contributed by atoms with Crippen molar-refractivity contribution in [2.45, 2.75) is 18.6 Å². The van der Waals surface area contributed by atoms with Crippen LogP contribution in [0.15, 0.2) is 71.9 Å². The number of nitro benzene ring substituents is 1. The number of aromatic nitrogens is 3. The third-order valence-corrected chi connectivity index (χ3v) is 6.74. The first-order valence-electron chi connectivity index (χ1n) is 12.0. The quantitative estimate of drug-likeness (QED) is 0.156. The van der Waals surface area contributed by atoms with Crippen molar-refractivity contribution in [3.63, 3.8) is 0 Å². The average molecular weight is 563 g/mol. The van der Waals surface area contributed by atoms with Crippen LogP contribution in [-0.4, -0.2) is 51.5 Å². The van der Waals surface area contributed by atoms with E-state index in [4.69, 9.17) is 9.47 Å². The van der Waals surface area contributed by atoms with Crippen molar-refractivity contribution < 1.29 is 24.0 Å². The number of hydrogen-bond acceptors (Lipinski definition) is 9. The molecule has 0 saturated heterocycles. The number of nitrogens with one attached hydrogen (secondary N) is 2. The van der Waals surface area contributed by atoms with Crippen LogP contribution in [-0.2, 0) is 11.3 Å². The van der Waals surface area contributed by atoms with E-state index in [0.29, 0.717) is 39.4 Å². The third-order valence-electron chi connectivity index (χ3n) is 5.81. The molecule has 4 rings (SSSR count). The molecule has 0 aliphatic rings. The lowest BCUT2D eigenvalue weighted by Gasteiger charge is -2.14. The van der Waals surface area contributed by atoms with Gasteiger partial charge in [-0.15, -0.1) is 10.2 Å². The van der Waals surface area contributed by atoms with Crippen LogP contribution in [0.1, 0.15) is 21.7 Å². The molecule has 0 fully saturated rings. The highest BCUT2D eigenvalue weighted by Gasteiger charge is 2.20. The van der Waals surface area contributed by atoms with Crippen molar-refractivity contribution in [1.29, 1.82) is 0 Å². The highest BCUT2D eigenvalue weighted by molar-refractivity contribution is 7.99. The number of para-hydroxylation sites is 2. The van der Waals surface area contributed by atoms with Crippen LogP contribution in [0.4, 0.5) is 11.4 Å². The summed E-state index contributed by atoms with van der Waals surface area (Å²) in [5.74, 6) is 0.869. The van der Waals surface area contributed by atoms with E-state index < -0.39 is 10.8 Å². The molecule has 0 bridgehead atoms. The molecule has 1 heterocycles. The fourth-order valence-electron chi connectivity index (χ4n) is 3.78. The SMILES string of the molecule is COc1ccc(NC(=O)CSc2nnc(CNC(=O)c3ccc(C)c([N+](=O)[O-])c3)n2-c2ccccc2OC)cc1. The van der Waals surface area contributed by atoms with Gasteiger partial charge >= 0.3 is 0 Å². The lowest BCUT2D eigenvalue weighted by atomic mass is 10.1. The fourth-order valence-corrected chi connectivity index (χ4v) is 4.54. The summed E-state index contributed by atoms with van der Waals surface area (Å²) in [6, 6.07) is 18.5. The van der Waals surface area contributed by atoms with Crippen LogP contribution in [0.3, 0.4) is 0 Å². The zero-order valence-electron chi connectivity index (χ0n) is 21.9. The second-order valence-corrected chi connectivity index (χ2v) is 9.35. The van der Waals surface area contributed by atoms with Gasteiger partial charge in [-0.2, -0.15) is 0 Å². The molecule has 2 N–H and O–H groups in total. The molecule has 4 aromatic rings. The van der Waals surface area contributed by atoms with E-state index in [0.717, 1.165) is 11.8 Å². The number of nitrogens with zero attached hydrogens (tertiary/aromatic N) is 4. The van der Waals surface area contributed by atoms with Crippen LogP contribution in [0.25, 0.3) is 5.69 Å². The highest BCUT2D eigenvalue weighted by atomic mass is 32.2. The maximum Gasteiger partial charge on any atom is 0.273 e. The fraction of sp³-hybridized carbons (Fsp3) is 0.185. The van der Waals surface area contributed by atoms with Gasteiger partial charge in [-0.05, 0) is 49.4 Å². The number of nitro groups is 1. The molecule has 206 valence electrons. The average Bonchev–Trinajstić information content (AvgIpc) is 3.37. The Hall–Kier alpha value is -4.91. The minimum absolute atomic E-state index is 0.0375. The number of carbonyl (C=O) groups is 2. The number of benzene rings is 3. The predicted octanol–water partition coefficient (Wildman–Crippen LogP) is 4.16. The Morgan fingerprint density at radius 1 is 1.02 bits per heavy atom. The second-order valence-electron chi connectivity index (χ2n) is 8.41. The first-order valence-corrected chi connectivity index (χ1v) is 13.0. The Morgan fingerprint density at radius 2 is 1.77 bits per heavy atom. The topological polar surface area (TPSA) is 151 Å². The molecule has 3 aromatic carbocycles. The molecule has 40 heavy (non-hydrogen) atoms. The number of carbonyl (C=O) groups excluding carboxylic acids is 2. The number of anilines is 1. The van der Waals surface area contributed by atoms with Crippen LogP contribution < -0.4 is 20.1 Å². The van der Waals surface area contributed by atoms with Crippen LogP contribution in [0, 0.1) is 17.0 Å². The van der Waals surface area contributed by atoms with E-state index in [1.54, 1.807) is 55.0 Å². The largest absolute Gasteiger partial charge is 0.497 e. The molecule has 0 aliphatic carbocycles. The number of aryl methyl sites for hydroxylation is 1. The minimum Gasteiger partial charge on any atom is -0.497 e. The van der Waals surface area contributed by atoms with Gasteiger partial charge in [0.25, 0.3) is 11.6 Å². The van der Waals surface area contributed by atoms with E-state index in [2.05, 4.69) is 20.8 Å². The molecule has 12 nitrogen and oxygen atoms in total. The molecule has 13 heteroatoms. The zero-order chi connectivity index (χ0) is 28.6. The molecule has 0 aliphatic heterocycles. The number of rotatable bonds is 11. The zero-order valence-corrected chi connectivity index (χ0v) is 22.7. The monoisotopic (exact) mass is 562 g/mol. The first kappa shape index (κ1) is 28.1. The van der Waals surface area contributed by atoms with Gasteiger partial charge in [0, 0.05) is 22.9 Å². The van der Waals surface area contributed by atoms with Gasteiger partial charge in [-0.25, -0.2) is 0 Å². The van der Waals surface area contributed by atoms with Crippen LogP contribution in [0.2, 0.25) is 0 Å². The molecule has 0 saturated carbocycles. The summed E-state index contributed by atoms with van der Waals surface area (Å²) in [7, 11) is 3.10. The molecule has 2 amide bonds. The van der Waals surface area contributed by atoms with E-state index in [-0.39, 0.29) is 29.5 Å². The van der Waals surface area contributed by atoms with Crippen molar-refractivity contribution >= 4 is 35.0 Å². The standard InChI is InChI=1S/C27H26N6O6S/c1-17-8-9-18(14-22(17)33(36)37)26(35)28-15-24-30-31-27(32(24)21-6-4-5-7-23(21)39-3)40-16-25(34)29-19-10-12-20(38-2)13-11-19/h4-14H,15-16H2,1-3H3,(H,28,35)(H,29,34). The summed E-state index contributed by atoms with van der Waals surface area (Å²) < 4.78 is 12.4. The minimum atomic E-state index is -0.529. The van der Waals surface area contributed by atoms with Crippen molar-refractivity contribution in [2.75, 3.05) is 25.3 Å². The maximum absolute atomic E-state index is 12.8. The van der Waals surface area contributed by atoms with Gasteiger partial charge in [0.05, 0.1) is 37.1 Å². The number of methoxy groups -OCH3 is 2. The number of amides is 2. The highest BCUT2D eigenvalue weighted by Crippen LogP contribution is 2.29. The van der Waals surface area contributed by atoms with Crippen molar-refractivity contribution in [3.05, 3.63) is 93.8 Å². The van der Waals surface area contributed by atoms with E-state index in [1.807, 2.05) is 12.1 Å². The summed E-state index contributed by atoms with van der Waals surface area (Å²) in [5, 5.41) is 25.8. The molecule has 0 unspecified atom stereocenters. The van der Waals surface area contributed by atoms with Gasteiger partial charge in [0.1, 0.15) is 11.5 Å². The number of ether oxygens (including phenoxy) is 2. The normalized spacial score (nSPS) is 10.6.